The van der Waals surface area contributed by atoms with Crippen LogP contribution in [0.4, 0.5) is 27.6 Å². The molecule has 1 aliphatic carbocycles. The Morgan fingerprint density at radius 2 is 1.97 bits per heavy atom. The number of alkyl halides is 5. The van der Waals surface area contributed by atoms with Gasteiger partial charge in [-0.05, 0) is 36.6 Å². The van der Waals surface area contributed by atoms with Gasteiger partial charge in [0.15, 0.2) is 0 Å². The predicted molar refractivity (Wildman–Crippen MR) is 108 cm³/mol. The normalized spacial score (nSPS) is 17.9. The predicted octanol–water partition coefficient (Wildman–Crippen LogP) is 5.29. The highest BCUT2D eigenvalue weighted by Gasteiger charge is 2.37. The topological polar surface area (TPSA) is 95.8 Å². The molecule has 0 aliphatic heterocycles. The zero-order valence-electron chi connectivity index (χ0n) is 17.0. The zero-order chi connectivity index (χ0) is 23.9. The van der Waals surface area contributed by atoms with E-state index in [4.69, 9.17) is 4.78 Å². The Labute approximate surface area is 180 Å². The van der Waals surface area contributed by atoms with Crippen molar-refractivity contribution in [3.8, 4) is 0 Å². The van der Waals surface area contributed by atoms with E-state index in [9.17, 15) is 31.0 Å². The molecular formula is C20H19F5N4O2S. The van der Waals surface area contributed by atoms with Crippen LogP contribution in [-0.2, 0) is 15.9 Å². The van der Waals surface area contributed by atoms with E-state index in [1.54, 1.807) is 0 Å². The van der Waals surface area contributed by atoms with E-state index < -0.39 is 57.3 Å². The van der Waals surface area contributed by atoms with E-state index in [1.807, 2.05) is 0 Å². The number of pyridine rings is 2. The Balaban J connectivity index is 2.09. The fourth-order valence-corrected chi connectivity index (χ4v) is 3.93. The molecule has 0 radical (unpaired) electrons. The van der Waals surface area contributed by atoms with Gasteiger partial charge < -0.3 is 5.32 Å². The van der Waals surface area contributed by atoms with Crippen molar-refractivity contribution in [2.24, 2.45) is 0 Å². The molecule has 2 N–H and O–H groups in total. The quantitative estimate of drug-likeness (QED) is 0.589. The third-order valence-electron chi connectivity index (χ3n) is 4.97. The summed E-state index contributed by atoms with van der Waals surface area (Å²) >= 11 is 0. The number of anilines is 1. The molecular weight excluding hydrogens is 455 g/mol. The van der Waals surface area contributed by atoms with Crippen molar-refractivity contribution >= 4 is 26.9 Å². The number of rotatable bonds is 4. The monoisotopic (exact) mass is 474 g/mol. The van der Waals surface area contributed by atoms with Crippen molar-refractivity contribution in [3.05, 3.63) is 53.0 Å². The van der Waals surface area contributed by atoms with Crippen LogP contribution in [0.15, 0.2) is 35.6 Å². The van der Waals surface area contributed by atoms with Crippen LogP contribution >= 0.6 is 0 Å². The number of nitrogens with zero attached hydrogens (tertiary/aromatic N) is 2. The lowest BCUT2D eigenvalue weighted by Crippen LogP contribution is -2.23. The molecule has 1 aliphatic rings. The van der Waals surface area contributed by atoms with Crippen molar-refractivity contribution in [3.63, 3.8) is 0 Å². The summed E-state index contributed by atoms with van der Waals surface area (Å²) in [7, 11) is -3.20. The van der Waals surface area contributed by atoms with Crippen molar-refractivity contribution in [1.29, 1.82) is 4.78 Å². The highest BCUT2D eigenvalue weighted by atomic mass is 32.2. The first-order valence-corrected chi connectivity index (χ1v) is 11.3. The average molecular weight is 474 g/mol. The van der Waals surface area contributed by atoms with Gasteiger partial charge in [-0.2, -0.15) is 13.2 Å². The lowest BCUT2D eigenvalue weighted by molar-refractivity contribution is -0.138. The number of halogens is 5. The van der Waals surface area contributed by atoms with Gasteiger partial charge >= 0.3 is 6.18 Å². The lowest BCUT2D eigenvalue weighted by Gasteiger charge is -2.23. The van der Waals surface area contributed by atoms with Gasteiger partial charge in [0.1, 0.15) is 5.03 Å². The second-order valence-electron chi connectivity index (χ2n) is 7.49. The van der Waals surface area contributed by atoms with Crippen LogP contribution in [0.3, 0.4) is 0 Å². The van der Waals surface area contributed by atoms with Crippen LogP contribution in [-0.4, -0.2) is 32.3 Å². The number of aromatic nitrogens is 2. The number of carbonyl (C=O) groups excluding carboxylic acids is 1. The van der Waals surface area contributed by atoms with Crippen LogP contribution < -0.4 is 5.32 Å². The Morgan fingerprint density at radius 3 is 2.53 bits per heavy atom. The maximum atomic E-state index is 13.5. The first-order chi connectivity index (χ1) is 14.7. The van der Waals surface area contributed by atoms with E-state index in [2.05, 4.69) is 15.3 Å². The molecule has 0 saturated carbocycles. The summed E-state index contributed by atoms with van der Waals surface area (Å²) in [6.07, 6.45) is -1.94. The number of carbonyl (C=O) groups is 1. The number of hydrogen-bond acceptors (Lipinski definition) is 5. The highest BCUT2D eigenvalue weighted by Crippen LogP contribution is 2.39. The maximum absolute atomic E-state index is 13.5. The van der Waals surface area contributed by atoms with Gasteiger partial charge in [0.05, 0.1) is 26.5 Å². The average Bonchev–Trinajstić information content (AvgIpc) is 2.66. The minimum Gasteiger partial charge on any atom is -0.322 e. The van der Waals surface area contributed by atoms with Gasteiger partial charge in [-0.3, -0.25) is 9.78 Å². The molecule has 0 fully saturated rings. The Hall–Kier alpha value is -2.89. The molecule has 0 aromatic carbocycles. The van der Waals surface area contributed by atoms with Crippen molar-refractivity contribution < 1.29 is 31.0 Å². The van der Waals surface area contributed by atoms with Gasteiger partial charge in [0.25, 0.3) is 11.8 Å². The number of allylic oxidation sites excluding steroid dienone is 2. The summed E-state index contributed by atoms with van der Waals surface area (Å²) in [5.74, 6) is -3.87. The molecule has 172 valence electrons. The van der Waals surface area contributed by atoms with Gasteiger partial charge in [-0.25, -0.2) is 22.8 Å². The van der Waals surface area contributed by atoms with Gasteiger partial charge in [-0.1, -0.05) is 6.08 Å². The van der Waals surface area contributed by atoms with E-state index >= 15 is 0 Å². The number of amides is 1. The summed E-state index contributed by atoms with van der Waals surface area (Å²) < 4.78 is 86.9. The van der Waals surface area contributed by atoms with E-state index in [-0.39, 0.29) is 28.4 Å². The molecule has 3 rings (SSSR count). The van der Waals surface area contributed by atoms with E-state index in [0.29, 0.717) is 6.20 Å². The summed E-state index contributed by atoms with van der Waals surface area (Å²) in [6.45, 7) is 1.11. The molecule has 2 aromatic heterocycles. The summed E-state index contributed by atoms with van der Waals surface area (Å²) in [4.78, 5) is 20.7. The minimum absolute atomic E-state index is 0.0637. The van der Waals surface area contributed by atoms with Gasteiger partial charge in [0, 0.05) is 37.2 Å². The zero-order valence-corrected chi connectivity index (χ0v) is 17.8. The summed E-state index contributed by atoms with van der Waals surface area (Å²) in [5, 5.41) is 2.30. The smallest absolute Gasteiger partial charge is 0.322 e. The van der Waals surface area contributed by atoms with Crippen molar-refractivity contribution in [2.75, 3.05) is 11.6 Å². The lowest BCUT2D eigenvalue weighted by atomic mass is 9.89. The number of hydrogen-bond donors (Lipinski definition) is 2. The molecule has 32 heavy (non-hydrogen) atoms. The summed E-state index contributed by atoms with van der Waals surface area (Å²) in [5.41, 5.74) is -1.68. The van der Waals surface area contributed by atoms with Crippen molar-refractivity contribution in [2.45, 2.75) is 43.3 Å². The van der Waals surface area contributed by atoms with Crippen molar-refractivity contribution in [1.82, 2.24) is 9.97 Å². The molecule has 12 heteroatoms. The minimum atomic E-state index is -4.78. The molecule has 0 saturated heterocycles. The van der Waals surface area contributed by atoms with Crippen LogP contribution in [0.25, 0.3) is 5.57 Å². The van der Waals surface area contributed by atoms with E-state index in [1.165, 1.54) is 24.4 Å². The third kappa shape index (κ3) is 5.12. The molecule has 2 heterocycles. The molecule has 1 atom stereocenters. The fourth-order valence-electron chi connectivity index (χ4n) is 3.31. The molecule has 0 spiro atoms. The van der Waals surface area contributed by atoms with Crippen LogP contribution in [0.5, 0.6) is 0 Å². The second kappa shape index (κ2) is 8.23. The largest absolute Gasteiger partial charge is 0.418 e. The number of nitrogens with one attached hydrogen (secondary N) is 2. The maximum Gasteiger partial charge on any atom is 0.418 e. The Bertz CT molecular complexity index is 1210. The van der Waals surface area contributed by atoms with Gasteiger partial charge in [-0.15, -0.1) is 0 Å². The third-order valence-corrected chi connectivity index (χ3v) is 6.00. The first-order valence-electron chi connectivity index (χ1n) is 9.34. The molecule has 1 unspecified atom stereocenters. The molecule has 0 bridgehead atoms. The van der Waals surface area contributed by atoms with Gasteiger partial charge in [0.2, 0.25) is 0 Å². The second-order valence-corrected chi connectivity index (χ2v) is 9.59. The fraction of sp³-hybridized carbons (Fsp3) is 0.350. The SMILES string of the molecule is Cc1c(C(F)(F)F)cnc(C2=CCC(F)(F)CC2)c1C(=O)Nc1ccnc(S(C)(=N)=O)c1. The molecule has 2 aromatic rings. The first kappa shape index (κ1) is 23.8. The van der Waals surface area contributed by atoms with Crippen LogP contribution in [0.2, 0.25) is 0 Å². The highest BCUT2D eigenvalue weighted by molar-refractivity contribution is 7.91. The Morgan fingerprint density at radius 1 is 1.28 bits per heavy atom. The Kier molecular flexibility index (Phi) is 6.11. The van der Waals surface area contributed by atoms with Crippen LogP contribution in [0, 0.1) is 11.7 Å². The molecule has 6 nitrogen and oxygen atoms in total. The van der Waals surface area contributed by atoms with E-state index in [0.717, 1.165) is 13.2 Å². The standard InChI is InChI=1S/C20H19F5N4O2S/c1-11-14(20(23,24)25)10-28-17(12-3-6-19(21,22)7-4-12)16(11)18(30)29-13-5-8-27-15(9-13)32(2,26)31/h3,5,8-10,26H,4,6-7H2,1-2H3,(H,27,29,30). The van der Waals surface area contributed by atoms with Crippen LogP contribution in [0.1, 0.15) is 46.4 Å². The molecule has 1 amide bonds. The summed E-state index contributed by atoms with van der Waals surface area (Å²) in [6, 6.07) is 2.51.